The van der Waals surface area contributed by atoms with Crippen LogP contribution in [0.25, 0.3) is 10.8 Å². The van der Waals surface area contributed by atoms with Crippen LogP contribution in [0.2, 0.25) is 0 Å². The number of fused-ring (bicyclic) bond motifs is 1. The second kappa shape index (κ2) is 6.06. The van der Waals surface area contributed by atoms with Gasteiger partial charge < -0.3 is 9.88 Å². The zero-order valence-electron chi connectivity index (χ0n) is 12.2. The molecule has 1 N–H and O–H groups in total. The molecular weight excluding hydrogens is 268 g/mol. The molecule has 108 valence electrons. The Morgan fingerprint density at radius 2 is 2.40 bits per heavy atom. The van der Waals surface area contributed by atoms with E-state index < -0.39 is 0 Å². The first kappa shape index (κ1) is 13.8. The van der Waals surface area contributed by atoms with Crippen molar-refractivity contribution < 1.29 is 0 Å². The molecule has 20 heavy (non-hydrogen) atoms. The summed E-state index contributed by atoms with van der Waals surface area (Å²) >= 11 is 1.83. The normalized spacial score (nSPS) is 18.2. The van der Waals surface area contributed by atoms with Crippen LogP contribution in [0, 0.1) is 0 Å². The topological polar surface area (TPSA) is 42.7 Å². The number of aryl methyl sites for hydroxylation is 2. The van der Waals surface area contributed by atoms with Crippen LogP contribution >= 0.6 is 11.3 Å². The van der Waals surface area contributed by atoms with E-state index in [1.165, 1.54) is 36.3 Å². The van der Waals surface area contributed by atoms with Gasteiger partial charge in [-0.25, -0.2) is 9.97 Å². The van der Waals surface area contributed by atoms with Crippen molar-refractivity contribution in [2.24, 2.45) is 7.05 Å². The van der Waals surface area contributed by atoms with Gasteiger partial charge in [-0.1, -0.05) is 6.92 Å². The maximum absolute atomic E-state index is 4.91. The fourth-order valence-corrected chi connectivity index (χ4v) is 4.06. The molecule has 1 atom stereocenters. The molecule has 0 aliphatic heterocycles. The predicted octanol–water partition coefficient (Wildman–Crippen LogP) is 2.96. The van der Waals surface area contributed by atoms with Crippen LogP contribution < -0.4 is 5.32 Å². The molecule has 2 aromatic rings. The summed E-state index contributed by atoms with van der Waals surface area (Å²) in [7, 11) is 2.03. The van der Waals surface area contributed by atoms with Gasteiger partial charge in [0.15, 0.2) is 10.8 Å². The molecule has 1 aliphatic carbocycles. The first-order valence-electron chi connectivity index (χ1n) is 7.47. The van der Waals surface area contributed by atoms with Gasteiger partial charge in [0, 0.05) is 36.8 Å². The van der Waals surface area contributed by atoms with E-state index in [9.17, 15) is 0 Å². The first-order valence-corrected chi connectivity index (χ1v) is 8.29. The molecule has 4 nitrogen and oxygen atoms in total. The Balaban J connectivity index is 1.83. The maximum atomic E-state index is 4.91. The van der Waals surface area contributed by atoms with Crippen LogP contribution in [0.5, 0.6) is 0 Å². The van der Waals surface area contributed by atoms with Crippen molar-refractivity contribution >= 4 is 11.3 Å². The third-order valence-electron chi connectivity index (χ3n) is 3.90. The number of nitrogens with zero attached hydrogens (tertiary/aromatic N) is 3. The van der Waals surface area contributed by atoms with Gasteiger partial charge in [-0.15, -0.1) is 11.3 Å². The zero-order chi connectivity index (χ0) is 13.9. The van der Waals surface area contributed by atoms with E-state index in [1.807, 2.05) is 30.8 Å². The predicted molar refractivity (Wildman–Crippen MR) is 83.2 cm³/mol. The van der Waals surface area contributed by atoms with Crippen molar-refractivity contribution in [3.05, 3.63) is 23.0 Å². The third kappa shape index (κ3) is 2.65. The highest BCUT2D eigenvalue weighted by molar-refractivity contribution is 7.15. The number of rotatable bonds is 5. The summed E-state index contributed by atoms with van der Waals surface area (Å²) in [4.78, 5) is 10.8. The Morgan fingerprint density at radius 1 is 1.50 bits per heavy atom. The summed E-state index contributed by atoms with van der Waals surface area (Å²) in [6.07, 6.45) is 8.74. The van der Waals surface area contributed by atoms with Crippen molar-refractivity contribution in [3.63, 3.8) is 0 Å². The van der Waals surface area contributed by atoms with Gasteiger partial charge in [-0.3, -0.25) is 0 Å². The number of hydrogen-bond acceptors (Lipinski definition) is 4. The van der Waals surface area contributed by atoms with Gasteiger partial charge in [-0.05, 0) is 32.2 Å². The molecule has 1 unspecified atom stereocenters. The molecule has 0 saturated carbocycles. The van der Waals surface area contributed by atoms with Crippen molar-refractivity contribution in [2.45, 2.75) is 38.5 Å². The average molecular weight is 290 g/mol. The first-order chi connectivity index (χ1) is 9.79. The second-order valence-electron chi connectivity index (χ2n) is 5.48. The Labute approximate surface area is 124 Å². The molecule has 2 aromatic heterocycles. The summed E-state index contributed by atoms with van der Waals surface area (Å²) in [5.74, 6) is 1.57. The van der Waals surface area contributed by atoms with E-state index in [-0.39, 0.29) is 0 Å². The lowest BCUT2D eigenvalue weighted by atomic mass is 9.91. The van der Waals surface area contributed by atoms with Gasteiger partial charge in [0.05, 0.1) is 5.69 Å². The smallest absolute Gasteiger partial charge is 0.168 e. The van der Waals surface area contributed by atoms with Crippen LogP contribution in [0.15, 0.2) is 12.4 Å². The van der Waals surface area contributed by atoms with Gasteiger partial charge in [0.25, 0.3) is 0 Å². The van der Waals surface area contributed by atoms with Crippen LogP contribution in [-0.2, 0) is 13.5 Å². The van der Waals surface area contributed by atoms with Crippen molar-refractivity contribution in [2.75, 3.05) is 13.1 Å². The lowest BCUT2D eigenvalue weighted by molar-refractivity contribution is 0.502. The van der Waals surface area contributed by atoms with Crippen LogP contribution in [0.3, 0.4) is 0 Å². The van der Waals surface area contributed by atoms with Crippen molar-refractivity contribution in [3.8, 4) is 10.8 Å². The Kier molecular flexibility index (Phi) is 4.17. The summed E-state index contributed by atoms with van der Waals surface area (Å²) in [5, 5.41) is 4.62. The Hall–Kier alpha value is -1.20. The highest BCUT2D eigenvalue weighted by Crippen LogP contribution is 2.37. The maximum Gasteiger partial charge on any atom is 0.168 e. The minimum Gasteiger partial charge on any atom is -0.332 e. The molecule has 0 fully saturated rings. The lowest BCUT2D eigenvalue weighted by Crippen LogP contribution is -2.24. The number of aromatic nitrogens is 3. The zero-order valence-corrected chi connectivity index (χ0v) is 13.0. The second-order valence-corrected chi connectivity index (χ2v) is 6.57. The Bertz CT molecular complexity index is 572. The quantitative estimate of drug-likeness (QED) is 0.861. The molecule has 5 heteroatoms. The number of nitrogens with one attached hydrogen (secondary N) is 1. The largest absolute Gasteiger partial charge is 0.332 e. The van der Waals surface area contributed by atoms with E-state index in [0.29, 0.717) is 5.92 Å². The summed E-state index contributed by atoms with van der Waals surface area (Å²) in [6, 6.07) is 0. The van der Waals surface area contributed by atoms with Crippen LogP contribution in [0.1, 0.15) is 42.7 Å². The molecule has 2 heterocycles. The molecule has 0 aromatic carbocycles. The van der Waals surface area contributed by atoms with E-state index in [4.69, 9.17) is 4.98 Å². The Morgan fingerprint density at radius 3 is 3.15 bits per heavy atom. The fraction of sp³-hybridized carbons (Fsp3) is 0.600. The molecule has 0 radical (unpaired) electrons. The van der Waals surface area contributed by atoms with E-state index in [0.717, 1.165) is 23.9 Å². The molecule has 0 bridgehead atoms. The van der Waals surface area contributed by atoms with Gasteiger partial charge in [-0.2, -0.15) is 0 Å². The summed E-state index contributed by atoms with van der Waals surface area (Å²) < 4.78 is 2.05. The highest BCUT2D eigenvalue weighted by atomic mass is 32.1. The van der Waals surface area contributed by atoms with Gasteiger partial charge in [0.2, 0.25) is 0 Å². The SMILES string of the molecule is CCCNCC1CCCc2sc(-c3nccn3C)nc21. The minimum absolute atomic E-state index is 0.579. The molecule has 0 amide bonds. The fourth-order valence-electron chi connectivity index (χ4n) is 2.83. The summed E-state index contributed by atoms with van der Waals surface area (Å²) in [6.45, 7) is 4.37. The van der Waals surface area contributed by atoms with Crippen LogP contribution in [0.4, 0.5) is 0 Å². The monoisotopic (exact) mass is 290 g/mol. The minimum atomic E-state index is 0.579. The molecule has 0 spiro atoms. The molecule has 1 aliphatic rings. The lowest BCUT2D eigenvalue weighted by Gasteiger charge is -2.21. The molecule has 0 saturated heterocycles. The van der Waals surface area contributed by atoms with Crippen molar-refractivity contribution in [1.82, 2.24) is 19.9 Å². The average Bonchev–Trinajstić information content (AvgIpc) is 3.05. The third-order valence-corrected chi connectivity index (χ3v) is 5.03. The van der Waals surface area contributed by atoms with Crippen molar-refractivity contribution in [1.29, 1.82) is 0 Å². The number of hydrogen-bond donors (Lipinski definition) is 1. The highest BCUT2D eigenvalue weighted by Gasteiger charge is 2.25. The van der Waals surface area contributed by atoms with Crippen LogP contribution in [-0.4, -0.2) is 27.6 Å². The van der Waals surface area contributed by atoms with Gasteiger partial charge >= 0.3 is 0 Å². The molecular formula is C15H22N4S. The van der Waals surface area contributed by atoms with E-state index in [2.05, 4.69) is 21.8 Å². The summed E-state index contributed by atoms with van der Waals surface area (Å²) in [5.41, 5.74) is 1.32. The number of thiazole rings is 1. The standard InChI is InChI=1S/C15H22N4S/c1-3-7-16-10-11-5-4-6-12-13(11)18-15(20-12)14-17-8-9-19(14)2/h8-9,11,16H,3-7,10H2,1-2H3. The number of imidazole rings is 1. The van der Waals surface area contributed by atoms with E-state index >= 15 is 0 Å². The van der Waals surface area contributed by atoms with E-state index in [1.54, 1.807) is 0 Å². The van der Waals surface area contributed by atoms with Gasteiger partial charge in [0.1, 0.15) is 0 Å². The molecule has 3 rings (SSSR count).